The molecule has 0 fully saturated rings. The molecule has 2 aromatic carbocycles. The maximum Gasteiger partial charge on any atom is 0.160 e. The molecular formula is C16H18O4S2. The Morgan fingerprint density at radius 2 is 1.09 bits per heavy atom. The van der Waals surface area contributed by atoms with E-state index in [1.165, 1.54) is 0 Å². The van der Waals surface area contributed by atoms with Crippen LogP contribution >= 0.6 is 21.6 Å². The van der Waals surface area contributed by atoms with Crippen molar-refractivity contribution < 1.29 is 19.7 Å². The lowest BCUT2D eigenvalue weighted by molar-refractivity contribution is 0.321. The Balaban J connectivity index is 1.51. The van der Waals surface area contributed by atoms with Crippen molar-refractivity contribution in [1.82, 2.24) is 0 Å². The zero-order valence-electron chi connectivity index (χ0n) is 12.0. The summed E-state index contributed by atoms with van der Waals surface area (Å²) in [4.78, 5) is 0. The maximum atomic E-state index is 9.54. The van der Waals surface area contributed by atoms with E-state index in [0.29, 0.717) is 24.7 Å². The van der Waals surface area contributed by atoms with Crippen LogP contribution in [0.4, 0.5) is 0 Å². The van der Waals surface area contributed by atoms with Crippen LogP contribution in [0.5, 0.6) is 23.0 Å². The Morgan fingerprint density at radius 1 is 0.682 bits per heavy atom. The number of hydrogen-bond acceptors (Lipinski definition) is 6. The third kappa shape index (κ3) is 5.61. The van der Waals surface area contributed by atoms with E-state index >= 15 is 0 Å². The summed E-state index contributed by atoms with van der Waals surface area (Å²) < 4.78 is 11.0. The van der Waals surface area contributed by atoms with Crippen LogP contribution in [-0.2, 0) is 0 Å². The lowest BCUT2D eigenvalue weighted by atomic mass is 10.3. The highest BCUT2D eigenvalue weighted by Gasteiger charge is 2.01. The summed E-state index contributed by atoms with van der Waals surface area (Å²) in [7, 11) is 3.37. The summed E-state index contributed by atoms with van der Waals surface area (Å²) in [5, 5.41) is 19.1. The van der Waals surface area contributed by atoms with E-state index in [4.69, 9.17) is 9.47 Å². The summed E-state index contributed by atoms with van der Waals surface area (Å²) in [5.74, 6) is 2.98. The Labute approximate surface area is 137 Å². The van der Waals surface area contributed by atoms with E-state index < -0.39 is 0 Å². The summed E-state index contributed by atoms with van der Waals surface area (Å²) in [5.41, 5.74) is 0. The molecule has 0 aliphatic heterocycles. The molecule has 0 aliphatic rings. The molecule has 0 saturated carbocycles. The van der Waals surface area contributed by atoms with Crippen LogP contribution in [0.15, 0.2) is 48.5 Å². The molecule has 6 heteroatoms. The molecule has 0 bridgehead atoms. The number of phenols is 2. The fourth-order valence-electron chi connectivity index (χ4n) is 1.65. The molecule has 0 saturated heterocycles. The third-order valence-corrected chi connectivity index (χ3v) is 5.00. The van der Waals surface area contributed by atoms with Gasteiger partial charge in [0.1, 0.15) is 0 Å². The molecule has 2 aromatic rings. The summed E-state index contributed by atoms with van der Waals surface area (Å²) >= 11 is 0. The summed E-state index contributed by atoms with van der Waals surface area (Å²) in [6.07, 6.45) is 0. The molecule has 118 valence electrons. The van der Waals surface area contributed by atoms with E-state index in [9.17, 15) is 10.2 Å². The van der Waals surface area contributed by atoms with E-state index in [1.807, 2.05) is 12.1 Å². The Bertz CT molecular complexity index is 526. The highest BCUT2D eigenvalue weighted by atomic mass is 33.1. The lowest BCUT2D eigenvalue weighted by Crippen LogP contribution is -2.01. The van der Waals surface area contributed by atoms with Crippen LogP contribution in [0.25, 0.3) is 0 Å². The second kappa shape index (κ2) is 9.38. The normalized spacial score (nSPS) is 10.4. The molecule has 0 aliphatic carbocycles. The molecule has 4 nitrogen and oxygen atoms in total. The monoisotopic (exact) mass is 338 g/mol. The highest BCUT2D eigenvalue weighted by molar-refractivity contribution is 8.76. The maximum absolute atomic E-state index is 9.54. The molecule has 22 heavy (non-hydrogen) atoms. The summed E-state index contributed by atoms with van der Waals surface area (Å²) in [6.45, 7) is 1.07. The van der Waals surface area contributed by atoms with E-state index in [-0.39, 0.29) is 11.5 Å². The molecule has 0 amide bonds. The zero-order chi connectivity index (χ0) is 15.6. The second-order valence-corrected chi connectivity index (χ2v) is 6.98. The van der Waals surface area contributed by atoms with Crippen molar-refractivity contribution in [1.29, 1.82) is 0 Å². The molecule has 2 rings (SSSR count). The Morgan fingerprint density at radius 3 is 1.50 bits per heavy atom. The van der Waals surface area contributed by atoms with Crippen molar-refractivity contribution in [3.63, 3.8) is 0 Å². The van der Waals surface area contributed by atoms with Gasteiger partial charge < -0.3 is 19.7 Å². The van der Waals surface area contributed by atoms with E-state index in [2.05, 4.69) is 0 Å². The average molecular weight is 338 g/mol. The van der Waals surface area contributed by atoms with Crippen molar-refractivity contribution in [3.8, 4) is 23.0 Å². The van der Waals surface area contributed by atoms with Crippen molar-refractivity contribution in [2.45, 2.75) is 0 Å². The first-order valence-corrected chi connectivity index (χ1v) is 9.32. The van der Waals surface area contributed by atoms with Gasteiger partial charge in [-0.3, -0.25) is 0 Å². The SMILES string of the molecule is Oc1ccccc1OCCSSCCOc1ccccc1O. The van der Waals surface area contributed by atoms with Gasteiger partial charge in [-0.15, -0.1) is 0 Å². The van der Waals surface area contributed by atoms with Crippen molar-refractivity contribution in [3.05, 3.63) is 48.5 Å². The molecule has 0 unspecified atom stereocenters. The average Bonchev–Trinajstić information content (AvgIpc) is 2.53. The molecule has 0 atom stereocenters. The van der Waals surface area contributed by atoms with Gasteiger partial charge in [-0.25, -0.2) is 0 Å². The van der Waals surface area contributed by atoms with Gasteiger partial charge in [-0.1, -0.05) is 45.9 Å². The fourth-order valence-corrected chi connectivity index (χ4v) is 3.30. The molecule has 0 heterocycles. The topological polar surface area (TPSA) is 58.9 Å². The largest absolute Gasteiger partial charge is 0.504 e. The Hall–Kier alpha value is -1.66. The molecular weight excluding hydrogens is 320 g/mol. The van der Waals surface area contributed by atoms with Crippen molar-refractivity contribution in [2.24, 2.45) is 0 Å². The number of ether oxygens (including phenoxy) is 2. The van der Waals surface area contributed by atoms with E-state index in [0.717, 1.165) is 11.5 Å². The van der Waals surface area contributed by atoms with Crippen LogP contribution in [-0.4, -0.2) is 34.9 Å². The zero-order valence-corrected chi connectivity index (χ0v) is 13.6. The lowest BCUT2D eigenvalue weighted by Gasteiger charge is -2.08. The number of para-hydroxylation sites is 4. The number of aromatic hydroxyl groups is 2. The van der Waals surface area contributed by atoms with Gasteiger partial charge in [0, 0.05) is 11.5 Å². The van der Waals surface area contributed by atoms with E-state index in [1.54, 1.807) is 58.0 Å². The van der Waals surface area contributed by atoms with Gasteiger partial charge >= 0.3 is 0 Å². The van der Waals surface area contributed by atoms with Crippen LogP contribution in [0.2, 0.25) is 0 Å². The first kappa shape index (κ1) is 16.7. The highest BCUT2D eigenvalue weighted by Crippen LogP contribution is 2.27. The molecule has 0 aromatic heterocycles. The minimum atomic E-state index is 0.163. The van der Waals surface area contributed by atoms with Crippen molar-refractivity contribution in [2.75, 3.05) is 24.7 Å². The van der Waals surface area contributed by atoms with Crippen LogP contribution in [0, 0.1) is 0 Å². The number of rotatable bonds is 9. The minimum absolute atomic E-state index is 0.163. The predicted octanol–water partition coefficient (Wildman–Crippen LogP) is 3.94. The summed E-state index contributed by atoms with van der Waals surface area (Å²) in [6, 6.07) is 13.9. The molecule has 2 N–H and O–H groups in total. The fraction of sp³-hybridized carbons (Fsp3) is 0.250. The van der Waals surface area contributed by atoms with Crippen LogP contribution in [0.1, 0.15) is 0 Å². The van der Waals surface area contributed by atoms with Gasteiger partial charge in [0.2, 0.25) is 0 Å². The second-order valence-electron chi connectivity index (χ2n) is 4.28. The van der Waals surface area contributed by atoms with Gasteiger partial charge in [0.25, 0.3) is 0 Å². The first-order valence-electron chi connectivity index (χ1n) is 6.83. The number of hydrogen-bond donors (Lipinski definition) is 2. The molecule has 0 spiro atoms. The van der Waals surface area contributed by atoms with Gasteiger partial charge in [-0.2, -0.15) is 0 Å². The van der Waals surface area contributed by atoms with Gasteiger partial charge in [-0.05, 0) is 24.3 Å². The Kier molecular flexibility index (Phi) is 7.12. The third-order valence-electron chi connectivity index (χ3n) is 2.66. The first-order chi connectivity index (χ1) is 10.8. The van der Waals surface area contributed by atoms with Crippen LogP contribution < -0.4 is 9.47 Å². The van der Waals surface area contributed by atoms with Crippen LogP contribution in [0.3, 0.4) is 0 Å². The quantitative estimate of drug-likeness (QED) is 0.533. The molecule has 0 radical (unpaired) electrons. The smallest absolute Gasteiger partial charge is 0.160 e. The standard InChI is InChI=1S/C16H18O4S2/c17-13-5-1-3-7-15(13)19-9-11-21-22-12-10-20-16-8-4-2-6-14(16)18/h1-8,17-18H,9-12H2. The minimum Gasteiger partial charge on any atom is -0.504 e. The van der Waals surface area contributed by atoms with Crippen molar-refractivity contribution >= 4 is 21.6 Å². The van der Waals surface area contributed by atoms with Gasteiger partial charge in [0.15, 0.2) is 23.0 Å². The number of phenolic OH excluding ortho intramolecular Hbond substituents is 2. The number of benzene rings is 2. The predicted molar refractivity (Wildman–Crippen MR) is 92.1 cm³/mol. The van der Waals surface area contributed by atoms with Gasteiger partial charge in [0.05, 0.1) is 13.2 Å².